The quantitative estimate of drug-likeness (QED) is 0.776. The van der Waals surface area contributed by atoms with Crippen LogP contribution in [0.3, 0.4) is 0 Å². The predicted molar refractivity (Wildman–Crippen MR) is 97.3 cm³/mol. The summed E-state index contributed by atoms with van der Waals surface area (Å²) in [5, 5.41) is 4.00. The Balaban J connectivity index is 0.00000220. The van der Waals surface area contributed by atoms with Gasteiger partial charge in [0.2, 0.25) is 5.91 Å². The number of rotatable bonds is 6. The number of carbonyl (C=O) groups is 1. The molecule has 0 saturated heterocycles. The molecule has 0 aliphatic rings. The van der Waals surface area contributed by atoms with E-state index in [1.54, 1.807) is 11.3 Å². The number of carbonyl (C=O) groups excluding carboxylic acids is 1. The van der Waals surface area contributed by atoms with Crippen LogP contribution >= 0.6 is 36.2 Å². The van der Waals surface area contributed by atoms with Gasteiger partial charge in [0, 0.05) is 29.7 Å². The molecule has 1 heterocycles. The normalized spacial score (nSPS) is 9.50. The number of hydrogen-bond donors (Lipinski definition) is 2. The van der Waals surface area contributed by atoms with E-state index in [2.05, 4.69) is 17.2 Å². The molecular formula is C15H21Cl2N3OS. The van der Waals surface area contributed by atoms with Crippen molar-refractivity contribution in [3.63, 3.8) is 0 Å². The van der Waals surface area contributed by atoms with E-state index in [1.165, 1.54) is 4.88 Å². The fourth-order valence-electron chi connectivity index (χ4n) is 1.82. The maximum Gasteiger partial charge on any atom is 0.224 e. The van der Waals surface area contributed by atoms with Crippen LogP contribution in [0.1, 0.15) is 22.4 Å². The highest BCUT2D eigenvalue weighted by molar-refractivity contribution is 7.11. The Morgan fingerprint density at radius 2 is 1.95 bits per heavy atom. The van der Waals surface area contributed by atoms with Crippen molar-refractivity contribution < 1.29 is 4.79 Å². The Morgan fingerprint density at radius 1 is 1.27 bits per heavy atom. The van der Waals surface area contributed by atoms with Gasteiger partial charge in [0.05, 0.1) is 11.4 Å². The molecule has 0 aliphatic carbocycles. The fourth-order valence-corrected chi connectivity index (χ4v) is 2.68. The first-order valence-electron chi connectivity index (χ1n) is 6.72. The molecule has 0 unspecified atom stereocenters. The highest BCUT2D eigenvalue weighted by Gasteiger charge is 2.04. The number of nitrogen functional groups attached to an aromatic ring is 1. The number of hydrogen-bond acceptors (Lipinski definition) is 4. The zero-order valence-electron chi connectivity index (χ0n) is 12.4. The molecule has 3 N–H and O–H groups in total. The second kappa shape index (κ2) is 10.4. The molecule has 1 aromatic heterocycles. The summed E-state index contributed by atoms with van der Waals surface area (Å²) < 4.78 is 0. The first-order chi connectivity index (χ1) is 9.67. The topological polar surface area (TPSA) is 68.0 Å². The highest BCUT2D eigenvalue weighted by Crippen LogP contribution is 2.13. The summed E-state index contributed by atoms with van der Waals surface area (Å²) in [6, 6.07) is 7.38. The van der Waals surface area contributed by atoms with Crippen molar-refractivity contribution in [3.8, 4) is 0 Å². The first kappa shape index (κ1) is 20.7. The number of nitrogens with zero attached hydrogens (tertiary/aromatic N) is 1. The van der Waals surface area contributed by atoms with E-state index in [0.717, 1.165) is 23.4 Å². The van der Waals surface area contributed by atoms with Crippen LogP contribution in [0.25, 0.3) is 0 Å². The van der Waals surface area contributed by atoms with E-state index in [0.29, 0.717) is 18.7 Å². The van der Waals surface area contributed by atoms with Crippen molar-refractivity contribution >= 4 is 47.7 Å². The van der Waals surface area contributed by atoms with Crippen molar-refractivity contribution in [2.24, 2.45) is 0 Å². The van der Waals surface area contributed by atoms with E-state index in [9.17, 15) is 4.79 Å². The number of nitrogens with two attached hydrogens (primary N) is 1. The molecule has 2 rings (SSSR count). The van der Waals surface area contributed by atoms with Crippen LogP contribution in [0.2, 0.25) is 0 Å². The molecule has 4 nitrogen and oxygen atoms in total. The number of amides is 1. The van der Waals surface area contributed by atoms with Gasteiger partial charge in [0.1, 0.15) is 0 Å². The van der Waals surface area contributed by atoms with Crippen molar-refractivity contribution in [1.29, 1.82) is 0 Å². The lowest BCUT2D eigenvalue weighted by molar-refractivity contribution is -0.120. The lowest BCUT2D eigenvalue weighted by atomic mass is 10.1. The monoisotopic (exact) mass is 361 g/mol. The minimum atomic E-state index is 0. The van der Waals surface area contributed by atoms with Gasteiger partial charge in [0.25, 0.3) is 0 Å². The summed E-state index contributed by atoms with van der Waals surface area (Å²) in [5.41, 5.74) is 7.29. The minimum Gasteiger partial charge on any atom is -0.399 e. The summed E-state index contributed by atoms with van der Waals surface area (Å²) in [6.07, 6.45) is 4.11. The molecule has 0 fully saturated rings. The number of benzene rings is 1. The fraction of sp³-hybridized carbons (Fsp3) is 0.333. The first-order valence-corrected chi connectivity index (χ1v) is 7.53. The zero-order chi connectivity index (χ0) is 14.4. The van der Waals surface area contributed by atoms with E-state index >= 15 is 0 Å². The van der Waals surface area contributed by atoms with Gasteiger partial charge in [-0.1, -0.05) is 19.1 Å². The third-order valence-corrected chi connectivity index (χ3v) is 4.16. The Kier molecular flexibility index (Phi) is 9.81. The van der Waals surface area contributed by atoms with Crippen LogP contribution in [0.15, 0.2) is 30.5 Å². The molecule has 0 radical (unpaired) electrons. The summed E-state index contributed by atoms with van der Waals surface area (Å²) in [7, 11) is 0. The van der Waals surface area contributed by atoms with Gasteiger partial charge in [-0.25, -0.2) is 4.98 Å². The minimum absolute atomic E-state index is 0. The molecule has 0 bridgehead atoms. The molecular weight excluding hydrogens is 341 g/mol. The van der Waals surface area contributed by atoms with E-state index in [4.69, 9.17) is 5.73 Å². The van der Waals surface area contributed by atoms with Gasteiger partial charge in [0.15, 0.2) is 0 Å². The van der Waals surface area contributed by atoms with Gasteiger partial charge in [-0.15, -0.1) is 36.2 Å². The largest absolute Gasteiger partial charge is 0.399 e. The standard InChI is InChI=1S/C15H19N3OS.2ClH/c1-2-13-10-18-15(20-13)7-8-17-14(19)9-11-3-5-12(16)6-4-11;;/h3-6,10H,2,7-9,16H2,1H3,(H,17,19);2*1H. The molecule has 7 heteroatoms. The molecule has 1 amide bonds. The van der Waals surface area contributed by atoms with Gasteiger partial charge in [-0.3, -0.25) is 4.79 Å². The van der Waals surface area contributed by atoms with E-state index in [1.807, 2.05) is 30.5 Å². The summed E-state index contributed by atoms with van der Waals surface area (Å²) >= 11 is 1.71. The van der Waals surface area contributed by atoms with Gasteiger partial charge in [-0.2, -0.15) is 0 Å². The molecule has 0 atom stereocenters. The summed E-state index contributed by atoms with van der Waals surface area (Å²) in [5.74, 6) is 0.0297. The van der Waals surface area contributed by atoms with Crippen LogP contribution in [0.4, 0.5) is 5.69 Å². The van der Waals surface area contributed by atoms with Crippen LogP contribution in [0.5, 0.6) is 0 Å². The van der Waals surface area contributed by atoms with Gasteiger partial charge < -0.3 is 11.1 Å². The SMILES string of the molecule is CCc1cnc(CCNC(=O)Cc2ccc(N)cc2)s1.Cl.Cl. The summed E-state index contributed by atoms with van der Waals surface area (Å²) in [4.78, 5) is 17.4. The second-order valence-corrected chi connectivity index (χ2v) is 5.79. The second-order valence-electron chi connectivity index (χ2n) is 4.59. The third kappa shape index (κ3) is 6.64. The maximum absolute atomic E-state index is 11.8. The number of thiazole rings is 1. The molecule has 122 valence electrons. The van der Waals surface area contributed by atoms with Crippen LogP contribution < -0.4 is 11.1 Å². The molecule has 0 saturated carbocycles. The third-order valence-electron chi connectivity index (χ3n) is 2.96. The molecule has 2 aromatic rings. The highest BCUT2D eigenvalue weighted by atomic mass is 35.5. The van der Waals surface area contributed by atoms with Crippen LogP contribution in [0, 0.1) is 0 Å². The number of nitrogens with one attached hydrogen (secondary N) is 1. The Hall–Kier alpha value is -1.30. The Bertz CT molecular complexity index is 572. The van der Waals surface area contributed by atoms with Crippen molar-refractivity contribution in [2.45, 2.75) is 26.2 Å². The summed E-state index contributed by atoms with van der Waals surface area (Å²) in [6.45, 7) is 2.75. The number of aromatic nitrogens is 1. The van der Waals surface area contributed by atoms with Crippen LogP contribution in [-0.4, -0.2) is 17.4 Å². The Morgan fingerprint density at radius 3 is 2.55 bits per heavy atom. The molecule has 0 aliphatic heterocycles. The van der Waals surface area contributed by atoms with Gasteiger partial charge >= 0.3 is 0 Å². The van der Waals surface area contributed by atoms with Crippen molar-refractivity contribution in [2.75, 3.05) is 12.3 Å². The van der Waals surface area contributed by atoms with Crippen molar-refractivity contribution in [1.82, 2.24) is 10.3 Å². The van der Waals surface area contributed by atoms with E-state index < -0.39 is 0 Å². The lowest BCUT2D eigenvalue weighted by Crippen LogP contribution is -2.27. The van der Waals surface area contributed by atoms with Crippen LogP contribution in [-0.2, 0) is 24.1 Å². The smallest absolute Gasteiger partial charge is 0.224 e. The average Bonchev–Trinajstić information content (AvgIpc) is 2.89. The predicted octanol–water partition coefficient (Wildman–Crippen LogP) is 3.03. The average molecular weight is 362 g/mol. The molecule has 1 aromatic carbocycles. The Labute approximate surface area is 147 Å². The number of anilines is 1. The molecule has 0 spiro atoms. The van der Waals surface area contributed by atoms with Crippen molar-refractivity contribution in [3.05, 3.63) is 45.9 Å². The van der Waals surface area contributed by atoms with Gasteiger partial charge in [-0.05, 0) is 24.1 Å². The lowest BCUT2D eigenvalue weighted by Gasteiger charge is -2.04. The zero-order valence-corrected chi connectivity index (χ0v) is 14.8. The number of halogens is 2. The molecule has 22 heavy (non-hydrogen) atoms. The maximum atomic E-state index is 11.8. The number of aryl methyl sites for hydroxylation is 1. The van der Waals surface area contributed by atoms with E-state index in [-0.39, 0.29) is 30.7 Å².